The number of Topliss-reactive ketones (excluding diaryl/α,β-unsaturated/α-hetero) is 1. The van der Waals surface area contributed by atoms with Gasteiger partial charge < -0.3 is 4.79 Å². The molecule has 0 amide bonds. The summed E-state index contributed by atoms with van der Waals surface area (Å²) in [5.41, 5.74) is 0. The number of aldehydes is 1. The normalized spacial score (nSPS) is 12.5. The molecule has 0 saturated heterocycles. The van der Waals surface area contributed by atoms with Gasteiger partial charge in [0.1, 0.15) is 12.1 Å². The molecule has 1 atom stereocenters. The molecular weight excluding hydrogens is 152 g/mol. The van der Waals surface area contributed by atoms with Crippen LogP contribution in [0.3, 0.4) is 0 Å². The van der Waals surface area contributed by atoms with Gasteiger partial charge in [0.05, 0.1) is 0 Å². The Bertz CT molecular complexity index is 141. The van der Waals surface area contributed by atoms with Gasteiger partial charge in [0, 0.05) is 18.8 Å². The number of rotatable bonds is 7. The van der Waals surface area contributed by atoms with Crippen molar-refractivity contribution in [3.05, 3.63) is 0 Å². The maximum atomic E-state index is 11.3. The highest BCUT2D eigenvalue weighted by atomic mass is 16.1. The molecule has 0 aromatic heterocycles. The summed E-state index contributed by atoms with van der Waals surface area (Å²) in [6.07, 6.45) is 4.82. The smallest absolute Gasteiger partial charge is 0.135 e. The third-order valence-electron chi connectivity index (χ3n) is 2.04. The molecule has 0 aromatic carbocycles. The van der Waals surface area contributed by atoms with E-state index in [0.29, 0.717) is 25.0 Å². The molecular formula is C10H18O2. The molecule has 0 spiro atoms. The average Bonchev–Trinajstić information content (AvgIpc) is 2.10. The number of carbonyl (C=O) groups excluding carboxylic acids is 2. The molecule has 0 aliphatic carbocycles. The van der Waals surface area contributed by atoms with Crippen LogP contribution in [0.2, 0.25) is 0 Å². The van der Waals surface area contributed by atoms with E-state index in [2.05, 4.69) is 6.92 Å². The molecule has 2 nitrogen and oxygen atoms in total. The monoisotopic (exact) mass is 170 g/mol. The van der Waals surface area contributed by atoms with Gasteiger partial charge in [-0.2, -0.15) is 0 Å². The Kier molecular flexibility index (Phi) is 6.63. The third kappa shape index (κ3) is 5.05. The zero-order valence-electron chi connectivity index (χ0n) is 8.01. The van der Waals surface area contributed by atoms with Crippen LogP contribution >= 0.6 is 0 Å². The van der Waals surface area contributed by atoms with Gasteiger partial charge in [-0.25, -0.2) is 0 Å². The molecule has 0 fully saturated rings. The Morgan fingerprint density at radius 2 is 2.17 bits per heavy atom. The summed E-state index contributed by atoms with van der Waals surface area (Å²) in [6, 6.07) is 0. The van der Waals surface area contributed by atoms with E-state index in [9.17, 15) is 9.59 Å². The van der Waals surface area contributed by atoms with Crippen molar-refractivity contribution in [3.8, 4) is 0 Å². The van der Waals surface area contributed by atoms with Crippen molar-refractivity contribution in [2.45, 2.75) is 46.0 Å². The molecule has 0 aliphatic rings. The van der Waals surface area contributed by atoms with Gasteiger partial charge in [0.25, 0.3) is 0 Å². The van der Waals surface area contributed by atoms with Crippen LogP contribution in [0, 0.1) is 5.92 Å². The predicted molar refractivity (Wildman–Crippen MR) is 49.0 cm³/mol. The molecule has 70 valence electrons. The van der Waals surface area contributed by atoms with Gasteiger partial charge >= 0.3 is 0 Å². The zero-order valence-corrected chi connectivity index (χ0v) is 8.01. The zero-order chi connectivity index (χ0) is 9.40. The fourth-order valence-electron chi connectivity index (χ4n) is 1.08. The molecule has 0 rings (SSSR count). The Labute approximate surface area is 74.3 Å². The number of unbranched alkanes of at least 4 members (excludes halogenated alkanes) is 1. The summed E-state index contributed by atoms with van der Waals surface area (Å²) >= 11 is 0. The van der Waals surface area contributed by atoms with Crippen LogP contribution in [0.15, 0.2) is 0 Å². The first-order valence-corrected chi connectivity index (χ1v) is 4.68. The number of hydrogen-bond acceptors (Lipinski definition) is 2. The quantitative estimate of drug-likeness (QED) is 0.550. The maximum absolute atomic E-state index is 11.3. The molecule has 0 heterocycles. The van der Waals surface area contributed by atoms with Crippen molar-refractivity contribution in [1.29, 1.82) is 0 Å². The first kappa shape index (κ1) is 11.3. The van der Waals surface area contributed by atoms with E-state index in [1.807, 2.05) is 6.92 Å². The van der Waals surface area contributed by atoms with Crippen LogP contribution in [0.25, 0.3) is 0 Å². The molecule has 12 heavy (non-hydrogen) atoms. The van der Waals surface area contributed by atoms with Crippen LogP contribution in [0.4, 0.5) is 0 Å². The van der Waals surface area contributed by atoms with Crippen LogP contribution in [-0.4, -0.2) is 12.1 Å². The second kappa shape index (κ2) is 7.01. The van der Waals surface area contributed by atoms with Gasteiger partial charge in [-0.05, 0) is 12.8 Å². The Hall–Kier alpha value is -0.660. The fraction of sp³-hybridized carbons (Fsp3) is 0.800. The lowest BCUT2D eigenvalue weighted by Gasteiger charge is -2.06. The van der Waals surface area contributed by atoms with Gasteiger partial charge in [0.15, 0.2) is 0 Å². The van der Waals surface area contributed by atoms with E-state index >= 15 is 0 Å². The SMILES string of the molecule is CCCCC(=O)C(C)CCC=O. The third-order valence-corrected chi connectivity index (χ3v) is 2.04. The van der Waals surface area contributed by atoms with E-state index in [1.165, 1.54) is 0 Å². The number of hydrogen-bond donors (Lipinski definition) is 0. The standard InChI is InChI=1S/C10H18O2/c1-3-4-7-10(12)9(2)6-5-8-11/h8-9H,3-7H2,1-2H3. The van der Waals surface area contributed by atoms with Crippen LogP contribution < -0.4 is 0 Å². The molecule has 1 unspecified atom stereocenters. The summed E-state index contributed by atoms with van der Waals surface area (Å²) < 4.78 is 0. The van der Waals surface area contributed by atoms with E-state index in [1.54, 1.807) is 0 Å². The van der Waals surface area contributed by atoms with Gasteiger partial charge in [-0.15, -0.1) is 0 Å². The molecule has 0 radical (unpaired) electrons. The average molecular weight is 170 g/mol. The van der Waals surface area contributed by atoms with E-state index in [0.717, 1.165) is 19.1 Å². The van der Waals surface area contributed by atoms with E-state index in [-0.39, 0.29) is 5.92 Å². The molecule has 0 saturated carbocycles. The second-order valence-electron chi connectivity index (χ2n) is 3.21. The first-order chi connectivity index (χ1) is 5.72. The van der Waals surface area contributed by atoms with Gasteiger partial charge in [-0.3, -0.25) is 4.79 Å². The van der Waals surface area contributed by atoms with E-state index < -0.39 is 0 Å². The molecule has 2 heteroatoms. The largest absolute Gasteiger partial charge is 0.303 e. The van der Waals surface area contributed by atoms with Crippen molar-refractivity contribution >= 4 is 12.1 Å². The molecule has 0 N–H and O–H groups in total. The van der Waals surface area contributed by atoms with Crippen molar-refractivity contribution in [1.82, 2.24) is 0 Å². The first-order valence-electron chi connectivity index (χ1n) is 4.68. The van der Waals surface area contributed by atoms with Crippen molar-refractivity contribution in [2.24, 2.45) is 5.92 Å². The van der Waals surface area contributed by atoms with Crippen molar-refractivity contribution in [2.75, 3.05) is 0 Å². The minimum absolute atomic E-state index is 0.0711. The highest BCUT2D eigenvalue weighted by molar-refractivity contribution is 5.80. The Morgan fingerprint density at radius 3 is 2.67 bits per heavy atom. The lowest BCUT2D eigenvalue weighted by atomic mass is 9.97. The summed E-state index contributed by atoms with van der Waals surface area (Å²) in [5.74, 6) is 0.375. The van der Waals surface area contributed by atoms with E-state index in [4.69, 9.17) is 0 Å². The van der Waals surface area contributed by atoms with Crippen LogP contribution in [0.5, 0.6) is 0 Å². The summed E-state index contributed by atoms with van der Waals surface area (Å²) in [7, 11) is 0. The van der Waals surface area contributed by atoms with Gasteiger partial charge in [0.2, 0.25) is 0 Å². The lowest BCUT2D eigenvalue weighted by Crippen LogP contribution is -2.10. The topological polar surface area (TPSA) is 34.1 Å². The summed E-state index contributed by atoms with van der Waals surface area (Å²) in [6.45, 7) is 3.98. The summed E-state index contributed by atoms with van der Waals surface area (Å²) in [5, 5.41) is 0. The maximum Gasteiger partial charge on any atom is 0.135 e. The van der Waals surface area contributed by atoms with Crippen LogP contribution in [-0.2, 0) is 9.59 Å². The predicted octanol–water partition coefficient (Wildman–Crippen LogP) is 2.36. The Morgan fingerprint density at radius 1 is 1.50 bits per heavy atom. The number of carbonyl (C=O) groups is 2. The minimum atomic E-state index is 0.0711. The lowest BCUT2D eigenvalue weighted by molar-refractivity contribution is -0.122. The Balaban J connectivity index is 3.53. The number of ketones is 1. The van der Waals surface area contributed by atoms with Crippen molar-refractivity contribution < 1.29 is 9.59 Å². The highest BCUT2D eigenvalue weighted by Gasteiger charge is 2.10. The molecule has 0 bridgehead atoms. The van der Waals surface area contributed by atoms with Crippen molar-refractivity contribution in [3.63, 3.8) is 0 Å². The summed E-state index contributed by atoms with van der Waals surface area (Å²) in [4.78, 5) is 21.3. The fourth-order valence-corrected chi connectivity index (χ4v) is 1.08. The minimum Gasteiger partial charge on any atom is -0.303 e. The molecule has 0 aliphatic heterocycles. The van der Waals surface area contributed by atoms with Crippen LogP contribution in [0.1, 0.15) is 46.0 Å². The molecule has 0 aromatic rings. The second-order valence-corrected chi connectivity index (χ2v) is 3.21. The highest BCUT2D eigenvalue weighted by Crippen LogP contribution is 2.10. The van der Waals surface area contributed by atoms with Gasteiger partial charge in [-0.1, -0.05) is 20.3 Å².